The van der Waals surface area contributed by atoms with Gasteiger partial charge in [-0.2, -0.15) is 4.31 Å². The van der Waals surface area contributed by atoms with E-state index >= 15 is 0 Å². The van der Waals surface area contributed by atoms with Crippen LogP contribution in [0.4, 0.5) is 0 Å². The monoisotopic (exact) mass is 471 g/mol. The van der Waals surface area contributed by atoms with Crippen molar-refractivity contribution < 1.29 is 27.5 Å². The van der Waals surface area contributed by atoms with Gasteiger partial charge < -0.3 is 10.1 Å². The van der Waals surface area contributed by atoms with Crippen LogP contribution in [-0.4, -0.2) is 80.5 Å². The Balaban J connectivity index is 1.36. The molecule has 33 heavy (non-hydrogen) atoms. The molecule has 0 spiro atoms. The normalized spacial score (nSPS) is 16.7. The third-order valence-corrected chi connectivity index (χ3v) is 7.58. The quantitative estimate of drug-likeness (QED) is 0.573. The number of fused-ring (bicyclic) bond motifs is 1. The van der Waals surface area contributed by atoms with E-state index in [1.807, 2.05) is 30.3 Å². The van der Waals surface area contributed by atoms with Crippen LogP contribution in [0, 0.1) is 0 Å². The van der Waals surface area contributed by atoms with E-state index in [9.17, 15) is 22.8 Å². The maximum atomic E-state index is 12.8. The van der Waals surface area contributed by atoms with Crippen molar-refractivity contribution in [2.75, 3.05) is 45.1 Å². The Morgan fingerprint density at radius 2 is 1.67 bits per heavy atom. The second-order valence-corrected chi connectivity index (χ2v) is 9.93. The largest absolute Gasteiger partial charge is 0.379 e. The van der Waals surface area contributed by atoms with E-state index in [1.165, 1.54) is 27.4 Å². The van der Waals surface area contributed by atoms with Crippen LogP contribution in [-0.2, 0) is 21.2 Å². The number of ether oxygens (including phenoxy) is 1. The Bertz CT molecular complexity index is 1160. The second-order valence-electron chi connectivity index (χ2n) is 7.84. The zero-order valence-corrected chi connectivity index (χ0v) is 18.8. The van der Waals surface area contributed by atoms with E-state index in [0.29, 0.717) is 32.7 Å². The number of hydrogen-bond donors (Lipinski definition) is 1. The minimum absolute atomic E-state index is 0.0638. The molecule has 1 N–H and O–H groups in total. The van der Waals surface area contributed by atoms with Crippen LogP contribution in [0.2, 0.25) is 0 Å². The van der Waals surface area contributed by atoms with Crippen LogP contribution >= 0.6 is 0 Å². The van der Waals surface area contributed by atoms with Crippen molar-refractivity contribution >= 4 is 27.7 Å². The van der Waals surface area contributed by atoms with Gasteiger partial charge in [-0.15, -0.1) is 0 Å². The molecule has 0 atom stereocenters. The molecule has 174 valence electrons. The number of rotatable bonds is 8. The zero-order chi connectivity index (χ0) is 23.4. The fraction of sp³-hybridized carbons (Fsp3) is 0.348. The first-order chi connectivity index (χ1) is 15.9. The lowest BCUT2D eigenvalue weighted by Gasteiger charge is -2.26. The molecule has 2 heterocycles. The second kappa shape index (κ2) is 9.82. The first-order valence-electron chi connectivity index (χ1n) is 10.7. The summed E-state index contributed by atoms with van der Waals surface area (Å²) in [7, 11) is -3.49. The summed E-state index contributed by atoms with van der Waals surface area (Å²) < 4.78 is 31.3. The molecule has 0 radical (unpaired) electrons. The Kier molecular flexibility index (Phi) is 6.87. The first kappa shape index (κ1) is 23.1. The summed E-state index contributed by atoms with van der Waals surface area (Å²) in [5, 5.41) is 2.58. The summed E-state index contributed by atoms with van der Waals surface area (Å²) in [6.45, 7) is 1.50. The number of hydrogen-bond acceptors (Lipinski definition) is 6. The third kappa shape index (κ3) is 5.13. The maximum Gasteiger partial charge on any atom is 0.261 e. The van der Waals surface area contributed by atoms with Gasteiger partial charge in [0, 0.05) is 31.7 Å². The standard InChI is InChI=1S/C23H25N3O6S/c27-21(24-9-15-33(30,31)25-11-13-32-14-12-25)18-6-7-19-20(16-18)23(29)26(22(19)28)10-8-17-4-2-1-3-5-17/h1-7,16H,8-15H2,(H,24,27). The number of morpholine rings is 1. The van der Waals surface area contributed by atoms with Gasteiger partial charge >= 0.3 is 0 Å². The highest BCUT2D eigenvalue weighted by atomic mass is 32.2. The highest BCUT2D eigenvalue weighted by molar-refractivity contribution is 7.89. The lowest BCUT2D eigenvalue weighted by Crippen LogP contribution is -2.43. The molecule has 0 unspecified atom stereocenters. The predicted molar refractivity (Wildman–Crippen MR) is 120 cm³/mol. The molecular weight excluding hydrogens is 446 g/mol. The van der Waals surface area contributed by atoms with Gasteiger partial charge in [-0.25, -0.2) is 8.42 Å². The number of benzene rings is 2. The van der Waals surface area contributed by atoms with E-state index in [4.69, 9.17) is 4.74 Å². The van der Waals surface area contributed by atoms with Crippen LogP contribution in [0.15, 0.2) is 48.5 Å². The molecule has 2 aliphatic heterocycles. The average molecular weight is 472 g/mol. The molecule has 2 aromatic rings. The molecule has 2 aliphatic rings. The predicted octanol–water partition coefficient (Wildman–Crippen LogP) is 0.917. The Hall–Kier alpha value is -3.08. The number of carbonyl (C=O) groups is 3. The van der Waals surface area contributed by atoms with E-state index in [-0.39, 0.29) is 41.4 Å². The van der Waals surface area contributed by atoms with Crippen LogP contribution in [0.1, 0.15) is 36.6 Å². The molecule has 2 aromatic carbocycles. The summed E-state index contributed by atoms with van der Waals surface area (Å²) in [5.41, 5.74) is 1.66. The average Bonchev–Trinajstić information content (AvgIpc) is 3.07. The molecule has 1 saturated heterocycles. The van der Waals surface area contributed by atoms with Gasteiger partial charge in [0.05, 0.1) is 30.1 Å². The van der Waals surface area contributed by atoms with Crippen molar-refractivity contribution in [2.24, 2.45) is 0 Å². The zero-order valence-electron chi connectivity index (χ0n) is 18.0. The molecule has 10 heteroatoms. The summed E-state index contributed by atoms with van der Waals surface area (Å²) >= 11 is 0. The van der Waals surface area contributed by atoms with Crippen molar-refractivity contribution in [1.82, 2.24) is 14.5 Å². The van der Waals surface area contributed by atoms with Crippen molar-refractivity contribution in [2.45, 2.75) is 6.42 Å². The Labute approximate surface area is 192 Å². The molecule has 3 amide bonds. The Morgan fingerprint density at radius 3 is 2.39 bits per heavy atom. The number of nitrogens with one attached hydrogen (secondary N) is 1. The van der Waals surface area contributed by atoms with Gasteiger partial charge in [-0.3, -0.25) is 19.3 Å². The molecule has 4 rings (SSSR count). The smallest absolute Gasteiger partial charge is 0.261 e. The van der Waals surface area contributed by atoms with E-state index in [2.05, 4.69) is 5.32 Å². The Morgan fingerprint density at radius 1 is 0.970 bits per heavy atom. The number of nitrogens with zero attached hydrogens (tertiary/aromatic N) is 2. The highest BCUT2D eigenvalue weighted by Gasteiger charge is 2.35. The number of sulfonamides is 1. The van der Waals surface area contributed by atoms with Crippen molar-refractivity contribution in [1.29, 1.82) is 0 Å². The molecule has 9 nitrogen and oxygen atoms in total. The fourth-order valence-electron chi connectivity index (χ4n) is 3.87. The maximum absolute atomic E-state index is 12.8. The third-order valence-electron chi connectivity index (χ3n) is 5.71. The topological polar surface area (TPSA) is 113 Å². The lowest BCUT2D eigenvalue weighted by molar-refractivity contribution is 0.0656. The van der Waals surface area contributed by atoms with E-state index in [0.717, 1.165) is 5.56 Å². The number of amides is 3. The summed E-state index contributed by atoms with van der Waals surface area (Å²) in [6.07, 6.45) is 0.539. The molecule has 0 saturated carbocycles. The number of imide groups is 1. The van der Waals surface area contributed by atoms with Crippen LogP contribution in [0.5, 0.6) is 0 Å². The van der Waals surface area contributed by atoms with Gasteiger partial charge in [0.2, 0.25) is 10.0 Å². The van der Waals surface area contributed by atoms with E-state index < -0.39 is 21.8 Å². The first-order valence-corrected chi connectivity index (χ1v) is 12.4. The molecule has 0 aromatic heterocycles. The SMILES string of the molecule is O=C(NCCS(=O)(=O)N1CCOCC1)c1ccc2c(c1)C(=O)N(CCc1ccccc1)C2=O. The van der Waals surface area contributed by atoms with Crippen LogP contribution < -0.4 is 5.32 Å². The van der Waals surface area contributed by atoms with Crippen molar-refractivity contribution in [3.63, 3.8) is 0 Å². The summed E-state index contributed by atoms with van der Waals surface area (Å²) in [5.74, 6) is -1.54. The van der Waals surface area contributed by atoms with Crippen molar-refractivity contribution in [3.05, 3.63) is 70.8 Å². The lowest BCUT2D eigenvalue weighted by atomic mass is 10.1. The minimum Gasteiger partial charge on any atom is -0.379 e. The van der Waals surface area contributed by atoms with Gasteiger partial charge in [0.25, 0.3) is 17.7 Å². The summed E-state index contributed by atoms with van der Waals surface area (Å²) in [6, 6.07) is 13.9. The molecule has 1 fully saturated rings. The molecule has 0 bridgehead atoms. The molecular formula is C23H25N3O6S. The fourth-order valence-corrected chi connectivity index (χ4v) is 5.19. The highest BCUT2D eigenvalue weighted by Crippen LogP contribution is 2.24. The van der Waals surface area contributed by atoms with Gasteiger partial charge in [0.15, 0.2) is 0 Å². The van der Waals surface area contributed by atoms with Crippen molar-refractivity contribution in [3.8, 4) is 0 Å². The van der Waals surface area contributed by atoms with Gasteiger partial charge in [-0.05, 0) is 30.2 Å². The van der Waals surface area contributed by atoms with Gasteiger partial charge in [0.1, 0.15) is 0 Å². The molecule has 0 aliphatic carbocycles. The van der Waals surface area contributed by atoms with Crippen LogP contribution in [0.25, 0.3) is 0 Å². The van der Waals surface area contributed by atoms with E-state index in [1.54, 1.807) is 0 Å². The minimum atomic E-state index is -3.49. The van der Waals surface area contributed by atoms with Crippen LogP contribution in [0.3, 0.4) is 0 Å². The van der Waals surface area contributed by atoms with Gasteiger partial charge in [-0.1, -0.05) is 30.3 Å². The number of carbonyl (C=O) groups excluding carboxylic acids is 3. The summed E-state index contributed by atoms with van der Waals surface area (Å²) in [4.78, 5) is 39.2.